The smallest absolute Gasteiger partial charge is 0.118 e. The molecule has 1 heterocycles. The molecule has 1 atom stereocenters. The van der Waals surface area contributed by atoms with E-state index >= 15 is 0 Å². The van der Waals surface area contributed by atoms with Crippen LogP contribution in [0.3, 0.4) is 0 Å². The van der Waals surface area contributed by atoms with Gasteiger partial charge in [0.2, 0.25) is 0 Å². The summed E-state index contributed by atoms with van der Waals surface area (Å²) >= 11 is 0. The van der Waals surface area contributed by atoms with E-state index in [9.17, 15) is 5.11 Å². The quantitative estimate of drug-likeness (QED) is 0.720. The summed E-state index contributed by atoms with van der Waals surface area (Å²) in [5.41, 5.74) is 3.34. The summed E-state index contributed by atoms with van der Waals surface area (Å²) in [7, 11) is 3.67. The van der Waals surface area contributed by atoms with Crippen LogP contribution in [0.2, 0.25) is 0 Å². The molecule has 0 aliphatic carbocycles. The number of nitrogens with zero attached hydrogens (tertiary/aromatic N) is 3. The number of aliphatic hydroxyl groups is 1. The lowest BCUT2D eigenvalue weighted by atomic mass is 10.1. The molecule has 5 nitrogen and oxygen atoms in total. The van der Waals surface area contributed by atoms with Gasteiger partial charge in [0.1, 0.15) is 5.75 Å². The van der Waals surface area contributed by atoms with Crippen LogP contribution in [0.4, 0.5) is 0 Å². The first kappa shape index (κ1) is 17.2. The summed E-state index contributed by atoms with van der Waals surface area (Å²) in [5.74, 6) is 0.818. The van der Waals surface area contributed by atoms with E-state index in [1.165, 1.54) is 5.56 Å². The molecule has 2 aromatic carbocycles. The normalized spacial score (nSPS) is 12.3. The Labute approximate surface area is 148 Å². The van der Waals surface area contributed by atoms with Crippen molar-refractivity contribution in [1.29, 1.82) is 0 Å². The second-order valence-corrected chi connectivity index (χ2v) is 6.02. The molecule has 0 saturated carbocycles. The molecule has 0 saturated heterocycles. The van der Waals surface area contributed by atoms with Crippen molar-refractivity contribution in [3.63, 3.8) is 0 Å². The molecule has 1 aromatic heterocycles. The summed E-state index contributed by atoms with van der Waals surface area (Å²) in [5, 5.41) is 9.84. The highest BCUT2D eigenvalue weighted by atomic mass is 16.5. The highest BCUT2D eigenvalue weighted by Crippen LogP contribution is 2.23. The van der Waals surface area contributed by atoms with Crippen molar-refractivity contribution in [2.75, 3.05) is 20.8 Å². The maximum absolute atomic E-state index is 9.84. The van der Waals surface area contributed by atoms with Crippen molar-refractivity contribution in [3.05, 3.63) is 78.4 Å². The Balaban J connectivity index is 1.69. The Morgan fingerprint density at radius 3 is 2.40 bits per heavy atom. The van der Waals surface area contributed by atoms with Gasteiger partial charge in [-0.1, -0.05) is 24.3 Å². The molecule has 3 aromatic rings. The van der Waals surface area contributed by atoms with Gasteiger partial charge in [-0.3, -0.25) is 4.90 Å². The first-order valence-electron chi connectivity index (χ1n) is 8.23. The van der Waals surface area contributed by atoms with E-state index in [0.717, 1.165) is 23.5 Å². The van der Waals surface area contributed by atoms with E-state index in [2.05, 4.69) is 34.1 Å². The molecule has 0 amide bonds. The van der Waals surface area contributed by atoms with Gasteiger partial charge >= 0.3 is 0 Å². The number of imidazole rings is 1. The number of aliphatic hydroxyl groups excluding tert-OH is 1. The summed E-state index contributed by atoms with van der Waals surface area (Å²) in [6, 6.07) is 16.1. The topological polar surface area (TPSA) is 50.5 Å². The van der Waals surface area contributed by atoms with E-state index in [1.807, 2.05) is 42.1 Å². The van der Waals surface area contributed by atoms with Gasteiger partial charge in [0.15, 0.2) is 0 Å². The highest BCUT2D eigenvalue weighted by molar-refractivity contribution is 5.35. The zero-order chi connectivity index (χ0) is 17.6. The van der Waals surface area contributed by atoms with E-state index in [0.29, 0.717) is 0 Å². The Morgan fingerprint density at radius 2 is 1.84 bits per heavy atom. The molecule has 1 N–H and O–H groups in total. The number of rotatable bonds is 7. The van der Waals surface area contributed by atoms with Crippen LogP contribution in [0.25, 0.3) is 5.69 Å². The molecule has 3 rings (SSSR count). The zero-order valence-electron chi connectivity index (χ0n) is 14.5. The van der Waals surface area contributed by atoms with Crippen LogP contribution in [-0.2, 0) is 6.54 Å². The maximum atomic E-state index is 9.84. The third-order valence-electron chi connectivity index (χ3n) is 4.38. The first-order chi connectivity index (χ1) is 12.2. The molecular weight excluding hydrogens is 314 g/mol. The van der Waals surface area contributed by atoms with Crippen LogP contribution in [0.1, 0.15) is 17.2 Å². The Hall–Kier alpha value is -2.63. The van der Waals surface area contributed by atoms with Crippen molar-refractivity contribution in [2.45, 2.75) is 12.6 Å². The second kappa shape index (κ2) is 7.96. The molecular formula is C20H23N3O2. The van der Waals surface area contributed by atoms with Gasteiger partial charge in [-0.2, -0.15) is 0 Å². The highest BCUT2D eigenvalue weighted by Gasteiger charge is 2.16. The molecule has 0 fully saturated rings. The number of hydrogen-bond donors (Lipinski definition) is 1. The molecule has 1 unspecified atom stereocenters. The average Bonchev–Trinajstić information content (AvgIpc) is 3.18. The number of benzene rings is 2. The summed E-state index contributed by atoms with van der Waals surface area (Å²) in [6.07, 6.45) is 5.47. The second-order valence-electron chi connectivity index (χ2n) is 6.02. The van der Waals surface area contributed by atoms with Gasteiger partial charge in [-0.25, -0.2) is 4.98 Å². The fourth-order valence-electron chi connectivity index (χ4n) is 2.91. The van der Waals surface area contributed by atoms with Gasteiger partial charge < -0.3 is 14.4 Å². The number of ether oxygens (including phenoxy) is 1. The van der Waals surface area contributed by atoms with E-state index < -0.39 is 0 Å². The molecule has 130 valence electrons. The lowest BCUT2D eigenvalue weighted by molar-refractivity contribution is 0.142. The Kier molecular flexibility index (Phi) is 5.48. The molecule has 0 aliphatic rings. The molecule has 5 heteroatoms. The minimum Gasteiger partial charge on any atom is -0.497 e. The van der Waals surface area contributed by atoms with Gasteiger partial charge in [-0.05, 0) is 42.4 Å². The molecule has 0 spiro atoms. The van der Waals surface area contributed by atoms with E-state index in [-0.39, 0.29) is 12.6 Å². The number of aromatic nitrogens is 2. The van der Waals surface area contributed by atoms with Crippen LogP contribution in [0.5, 0.6) is 5.75 Å². The van der Waals surface area contributed by atoms with Crippen molar-refractivity contribution < 1.29 is 9.84 Å². The predicted octanol–water partition coefficient (Wildman–Crippen LogP) is 3.05. The summed E-state index contributed by atoms with van der Waals surface area (Å²) in [4.78, 5) is 6.21. The predicted molar refractivity (Wildman–Crippen MR) is 97.9 cm³/mol. The van der Waals surface area contributed by atoms with Gasteiger partial charge in [0.25, 0.3) is 0 Å². The standard InChI is InChI=1S/C20H23N3O2/c1-22(20(14-24)17-5-9-19(25-2)10-6-17)13-16-3-7-18(8-4-16)23-12-11-21-15-23/h3-12,15,20,24H,13-14H2,1-2H3. The lowest BCUT2D eigenvalue weighted by Crippen LogP contribution is -2.26. The largest absolute Gasteiger partial charge is 0.497 e. The molecule has 0 radical (unpaired) electrons. The van der Waals surface area contributed by atoms with Crippen LogP contribution in [0.15, 0.2) is 67.3 Å². The first-order valence-corrected chi connectivity index (χ1v) is 8.23. The lowest BCUT2D eigenvalue weighted by Gasteiger charge is -2.27. The summed E-state index contributed by atoms with van der Waals surface area (Å²) in [6.45, 7) is 0.817. The number of hydrogen-bond acceptors (Lipinski definition) is 4. The molecule has 25 heavy (non-hydrogen) atoms. The summed E-state index contributed by atoms with van der Waals surface area (Å²) < 4.78 is 7.17. The van der Waals surface area contributed by atoms with Crippen molar-refractivity contribution >= 4 is 0 Å². The third kappa shape index (κ3) is 4.07. The maximum Gasteiger partial charge on any atom is 0.118 e. The van der Waals surface area contributed by atoms with Crippen molar-refractivity contribution in [3.8, 4) is 11.4 Å². The number of likely N-dealkylation sites (N-methyl/N-ethyl adjacent to an activating group) is 1. The van der Waals surface area contributed by atoms with Gasteiger partial charge in [-0.15, -0.1) is 0 Å². The average molecular weight is 337 g/mol. The fraction of sp³-hybridized carbons (Fsp3) is 0.250. The number of methoxy groups -OCH3 is 1. The van der Waals surface area contributed by atoms with Crippen molar-refractivity contribution in [2.24, 2.45) is 0 Å². The Bertz CT molecular complexity index is 768. The van der Waals surface area contributed by atoms with Crippen LogP contribution in [-0.4, -0.2) is 40.3 Å². The SMILES string of the molecule is COc1ccc(C(CO)N(C)Cc2ccc(-n3ccnc3)cc2)cc1. The van der Waals surface area contributed by atoms with Crippen LogP contribution >= 0.6 is 0 Å². The van der Waals surface area contributed by atoms with E-state index in [1.54, 1.807) is 19.6 Å². The minimum absolute atomic E-state index is 0.0563. The van der Waals surface area contributed by atoms with Crippen molar-refractivity contribution in [1.82, 2.24) is 14.5 Å². The van der Waals surface area contributed by atoms with Crippen LogP contribution in [0, 0.1) is 0 Å². The van der Waals surface area contributed by atoms with E-state index in [4.69, 9.17) is 4.74 Å². The van der Waals surface area contributed by atoms with Gasteiger partial charge in [0.05, 0.1) is 26.1 Å². The zero-order valence-corrected chi connectivity index (χ0v) is 14.5. The third-order valence-corrected chi connectivity index (χ3v) is 4.38. The molecule has 0 bridgehead atoms. The molecule has 0 aliphatic heterocycles. The monoisotopic (exact) mass is 337 g/mol. The minimum atomic E-state index is -0.0563. The Morgan fingerprint density at radius 1 is 1.12 bits per heavy atom. The van der Waals surface area contributed by atoms with Crippen LogP contribution < -0.4 is 4.74 Å². The fourth-order valence-corrected chi connectivity index (χ4v) is 2.91. The van der Waals surface area contributed by atoms with Gasteiger partial charge in [0, 0.05) is 24.6 Å².